The Morgan fingerprint density at radius 3 is 2.46 bits per heavy atom. The maximum Gasteiger partial charge on any atom is 0.245 e. The number of hydrogen-bond donors (Lipinski definition) is 2. The number of nitrogens with zero attached hydrogens (tertiary/aromatic N) is 3. The molecule has 2 aromatic heterocycles. The van der Waals surface area contributed by atoms with E-state index in [1.807, 2.05) is 37.4 Å². The van der Waals surface area contributed by atoms with Crippen LogP contribution in [0, 0.1) is 13.8 Å². The van der Waals surface area contributed by atoms with E-state index in [0.717, 1.165) is 5.56 Å². The third-order valence-corrected chi connectivity index (χ3v) is 5.54. The molecule has 0 amide bonds. The summed E-state index contributed by atoms with van der Waals surface area (Å²) >= 11 is 0. The molecule has 24 heavy (non-hydrogen) atoms. The molecule has 0 spiro atoms. The van der Waals surface area contributed by atoms with Crippen molar-refractivity contribution in [2.45, 2.75) is 24.8 Å². The van der Waals surface area contributed by atoms with Crippen LogP contribution in [0.15, 0.2) is 47.6 Å². The fraction of sp³-hybridized carbons (Fsp3) is 0.250. The molecule has 0 bridgehead atoms. The molecule has 0 radical (unpaired) electrons. The normalized spacial score (nSPS) is 13.1. The Hall–Kier alpha value is -2.45. The van der Waals surface area contributed by atoms with Crippen molar-refractivity contribution in [2.75, 3.05) is 0 Å². The summed E-state index contributed by atoms with van der Waals surface area (Å²) in [6.45, 7) is 3.35. The number of benzene rings is 1. The molecule has 0 aliphatic rings. The van der Waals surface area contributed by atoms with Gasteiger partial charge >= 0.3 is 0 Å². The van der Waals surface area contributed by atoms with Gasteiger partial charge in [-0.2, -0.15) is 9.82 Å². The van der Waals surface area contributed by atoms with E-state index in [1.54, 1.807) is 30.8 Å². The molecule has 1 atom stereocenters. The number of aromatic amines is 1. The first kappa shape index (κ1) is 16.4. The lowest BCUT2D eigenvalue weighted by Gasteiger charge is -2.19. The predicted octanol–water partition coefficient (Wildman–Crippen LogP) is 1.83. The summed E-state index contributed by atoms with van der Waals surface area (Å²) in [6.07, 6.45) is 3.43. The van der Waals surface area contributed by atoms with Crippen LogP contribution in [0.25, 0.3) is 0 Å². The molecule has 0 aliphatic heterocycles. The summed E-state index contributed by atoms with van der Waals surface area (Å²) in [7, 11) is -1.93. The van der Waals surface area contributed by atoms with Crippen LogP contribution in [0.5, 0.6) is 0 Å². The molecule has 3 aromatic rings. The van der Waals surface area contributed by atoms with Crippen molar-refractivity contribution in [3.63, 3.8) is 0 Å². The highest BCUT2D eigenvalue weighted by Crippen LogP contribution is 2.25. The first-order valence-corrected chi connectivity index (χ1v) is 8.94. The van der Waals surface area contributed by atoms with Gasteiger partial charge in [0.05, 0.1) is 11.4 Å². The lowest BCUT2D eigenvalue weighted by molar-refractivity contribution is 0.561. The summed E-state index contributed by atoms with van der Waals surface area (Å²) in [5.41, 5.74) is 1.76. The lowest BCUT2D eigenvalue weighted by atomic mass is 10.1. The summed E-state index contributed by atoms with van der Waals surface area (Å²) in [6, 6.07) is 8.78. The number of imidazole rings is 1. The molecule has 0 saturated heterocycles. The van der Waals surface area contributed by atoms with Crippen LogP contribution in [-0.2, 0) is 17.1 Å². The van der Waals surface area contributed by atoms with Crippen molar-refractivity contribution in [1.82, 2.24) is 24.5 Å². The molecule has 7 nitrogen and oxygen atoms in total. The van der Waals surface area contributed by atoms with E-state index in [0.29, 0.717) is 17.2 Å². The van der Waals surface area contributed by atoms with Gasteiger partial charge in [-0.1, -0.05) is 30.3 Å². The summed E-state index contributed by atoms with van der Waals surface area (Å²) in [5, 5.41) is 6.69. The Morgan fingerprint density at radius 2 is 1.92 bits per heavy atom. The minimum atomic E-state index is -3.77. The zero-order valence-corrected chi connectivity index (χ0v) is 14.5. The van der Waals surface area contributed by atoms with Crippen LogP contribution in [0.4, 0.5) is 0 Å². The number of hydrogen-bond acceptors (Lipinski definition) is 4. The highest BCUT2D eigenvalue weighted by molar-refractivity contribution is 7.89. The Bertz CT molecular complexity index is 925. The van der Waals surface area contributed by atoms with Gasteiger partial charge in [-0.3, -0.25) is 5.10 Å². The standard InChI is InChI=1S/C16H19N5O2S/c1-11-15(12(2)19-18-11)24(22,23)20-14(13-7-5-4-6-8-13)16-17-9-10-21(16)3/h4-10,14,20H,1-3H3,(H,18,19). The van der Waals surface area contributed by atoms with Crippen molar-refractivity contribution in [2.24, 2.45) is 7.05 Å². The second-order valence-corrected chi connectivity index (χ2v) is 7.28. The van der Waals surface area contributed by atoms with Crippen molar-refractivity contribution < 1.29 is 8.42 Å². The van der Waals surface area contributed by atoms with Gasteiger partial charge in [-0.05, 0) is 19.4 Å². The quantitative estimate of drug-likeness (QED) is 0.738. The van der Waals surface area contributed by atoms with E-state index in [1.165, 1.54) is 0 Å². The fourth-order valence-electron chi connectivity index (χ4n) is 2.72. The molecule has 0 aliphatic carbocycles. The molecule has 126 valence electrons. The molecule has 0 fully saturated rings. The van der Waals surface area contributed by atoms with Gasteiger partial charge in [0, 0.05) is 19.4 Å². The minimum Gasteiger partial charge on any atom is -0.336 e. The molecule has 8 heteroatoms. The van der Waals surface area contributed by atoms with Gasteiger partial charge in [-0.15, -0.1) is 0 Å². The number of aromatic nitrogens is 4. The molecule has 2 heterocycles. The minimum absolute atomic E-state index is 0.178. The summed E-state index contributed by atoms with van der Waals surface area (Å²) in [4.78, 5) is 4.49. The van der Waals surface area contributed by atoms with Crippen molar-refractivity contribution >= 4 is 10.0 Å². The van der Waals surface area contributed by atoms with Crippen LogP contribution in [0.1, 0.15) is 28.8 Å². The van der Waals surface area contributed by atoms with E-state index >= 15 is 0 Å². The second-order valence-electron chi connectivity index (χ2n) is 5.62. The molecular formula is C16H19N5O2S. The van der Waals surface area contributed by atoms with Crippen molar-refractivity contribution in [3.8, 4) is 0 Å². The first-order chi connectivity index (χ1) is 11.4. The number of nitrogens with one attached hydrogen (secondary N) is 2. The summed E-state index contributed by atoms with van der Waals surface area (Å²) in [5.74, 6) is 0.614. The largest absolute Gasteiger partial charge is 0.336 e. The number of rotatable bonds is 5. The molecule has 0 saturated carbocycles. The molecule has 2 N–H and O–H groups in total. The Balaban J connectivity index is 2.07. The van der Waals surface area contributed by atoms with Gasteiger partial charge in [-0.25, -0.2) is 13.4 Å². The highest BCUT2D eigenvalue weighted by atomic mass is 32.2. The third-order valence-electron chi connectivity index (χ3n) is 3.85. The molecule has 1 unspecified atom stereocenters. The van der Waals surface area contributed by atoms with E-state index < -0.39 is 16.1 Å². The summed E-state index contributed by atoms with van der Waals surface area (Å²) < 4.78 is 30.4. The van der Waals surface area contributed by atoms with Crippen molar-refractivity contribution in [1.29, 1.82) is 0 Å². The maximum atomic E-state index is 12.9. The monoisotopic (exact) mass is 345 g/mol. The first-order valence-electron chi connectivity index (χ1n) is 7.46. The molecule has 3 rings (SSSR count). The van der Waals surface area contributed by atoms with E-state index in [-0.39, 0.29) is 4.90 Å². The van der Waals surface area contributed by atoms with E-state index in [4.69, 9.17) is 0 Å². The topological polar surface area (TPSA) is 92.7 Å². The maximum absolute atomic E-state index is 12.9. The molecule has 1 aromatic carbocycles. The van der Waals surface area contributed by atoms with Crippen LogP contribution in [0.3, 0.4) is 0 Å². The van der Waals surface area contributed by atoms with Gasteiger partial charge < -0.3 is 4.57 Å². The van der Waals surface area contributed by atoms with Crippen LogP contribution in [0.2, 0.25) is 0 Å². The van der Waals surface area contributed by atoms with Crippen LogP contribution >= 0.6 is 0 Å². The van der Waals surface area contributed by atoms with Gasteiger partial charge in [0.1, 0.15) is 16.8 Å². The number of aryl methyl sites for hydroxylation is 3. The highest BCUT2D eigenvalue weighted by Gasteiger charge is 2.29. The Morgan fingerprint density at radius 1 is 1.21 bits per heavy atom. The van der Waals surface area contributed by atoms with Crippen LogP contribution in [-0.4, -0.2) is 28.2 Å². The van der Waals surface area contributed by atoms with E-state index in [2.05, 4.69) is 19.9 Å². The zero-order valence-electron chi connectivity index (χ0n) is 13.7. The smallest absolute Gasteiger partial charge is 0.245 e. The zero-order chi connectivity index (χ0) is 17.3. The van der Waals surface area contributed by atoms with Crippen molar-refractivity contribution in [3.05, 3.63) is 65.5 Å². The predicted molar refractivity (Wildman–Crippen MR) is 89.9 cm³/mol. The Kier molecular flexibility index (Phi) is 4.25. The number of H-pyrrole nitrogens is 1. The lowest BCUT2D eigenvalue weighted by Crippen LogP contribution is -2.31. The third kappa shape index (κ3) is 2.98. The molecular weight excluding hydrogens is 326 g/mol. The fourth-order valence-corrected chi connectivity index (χ4v) is 4.27. The Labute approximate surface area is 140 Å². The number of sulfonamides is 1. The average Bonchev–Trinajstić information content (AvgIpc) is 3.12. The SMILES string of the molecule is Cc1n[nH]c(C)c1S(=O)(=O)NC(c1ccccc1)c1nccn1C. The van der Waals surface area contributed by atoms with Gasteiger partial charge in [0.15, 0.2) is 0 Å². The second kappa shape index (κ2) is 6.21. The van der Waals surface area contributed by atoms with Crippen LogP contribution < -0.4 is 4.72 Å². The van der Waals surface area contributed by atoms with E-state index in [9.17, 15) is 8.42 Å². The van der Waals surface area contributed by atoms with Gasteiger partial charge in [0.25, 0.3) is 0 Å². The average molecular weight is 345 g/mol. The van der Waals surface area contributed by atoms with Gasteiger partial charge in [0.2, 0.25) is 10.0 Å².